The van der Waals surface area contributed by atoms with Gasteiger partial charge in [-0.3, -0.25) is 4.79 Å². The first-order valence-corrected chi connectivity index (χ1v) is 17.3. The Bertz CT molecular complexity index is 1700. The van der Waals surface area contributed by atoms with Gasteiger partial charge in [-0.1, -0.05) is 36.7 Å². The predicted molar refractivity (Wildman–Crippen MR) is 146 cm³/mol. The summed E-state index contributed by atoms with van der Waals surface area (Å²) in [6.45, 7) is 1.48. The number of hydrogen-bond acceptors (Lipinski definition) is 5. The van der Waals surface area contributed by atoms with Crippen molar-refractivity contribution in [1.82, 2.24) is 4.90 Å². The second kappa shape index (κ2) is 10.3. The maximum absolute atomic E-state index is 15.0. The molecule has 0 N–H and O–H groups in total. The van der Waals surface area contributed by atoms with E-state index in [4.69, 9.17) is 11.6 Å². The fourth-order valence-electron chi connectivity index (χ4n) is 7.12. The van der Waals surface area contributed by atoms with E-state index in [2.05, 4.69) is 0 Å². The van der Waals surface area contributed by atoms with Gasteiger partial charge in [-0.25, -0.2) is 21.2 Å². The van der Waals surface area contributed by atoms with Crippen molar-refractivity contribution in [3.8, 4) is 0 Å². The van der Waals surface area contributed by atoms with E-state index in [1.165, 1.54) is 29.2 Å². The molecule has 0 radical (unpaired) electrons. The van der Waals surface area contributed by atoms with Gasteiger partial charge in [-0.05, 0) is 67.5 Å². The van der Waals surface area contributed by atoms with E-state index in [1.807, 2.05) is 0 Å². The molecule has 0 spiro atoms. The molecule has 2 heterocycles. The van der Waals surface area contributed by atoms with Crippen molar-refractivity contribution in [1.29, 1.82) is 0 Å². The van der Waals surface area contributed by atoms with Gasteiger partial charge in [0.15, 0.2) is 19.7 Å². The number of nitrogens with zero attached hydrogens (tertiary/aromatic N) is 1. The summed E-state index contributed by atoms with van der Waals surface area (Å²) < 4.78 is 148. The molecular weight excluding hydrogens is 663 g/mol. The number of alkyl halides is 7. The van der Waals surface area contributed by atoms with Crippen LogP contribution in [-0.2, 0) is 41.3 Å². The van der Waals surface area contributed by atoms with Crippen LogP contribution in [0.3, 0.4) is 0 Å². The second-order valence-corrected chi connectivity index (χ2v) is 16.5. The highest BCUT2D eigenvalue weighted by atomic mass is 35.5. The van der Waals surface area contributed by atoms with Gasteiger partial charge in [0, 0.05) is 17.1 Å². The number of benzene rings is 2. The average Bonchev–Trinajstić information content (AvgIpc) is 3.50. The Morgan fingerprint density at radius 1 is 1.00 bits per heavy atom. The summed E-state index contributed by atoms with van der Waals surface area (Å²) in [5.74, 6) is -1.23. The highest BCUT2D eigenvalue weighted by Crippen LogP contribution is 2.57. The number of carbonyl (C=O) groups excluding carboxylic acids is 1. The van der Waals surface area contributed by atoms with Crippen molar-refractivity contribution in [2.45, 2.75) is 72.7 Å². The Kier molecular flexibility index (Phi) is 7.73. The molecule has 242 valence electrons. The molecule has 0 saturated carbocycles. The van der Waals surface area contributed by atoms with Crippen LogP contribution in [0, 0.1) is 5.41 Å². The lowest BCUT2D eigenvalue weighted by atomic mass is 9.76. The van der Waals surface area contributed by atoms with Gasteiger partial charge in [0.25, 0.3) is 0 Å². The minimum Gasteiger partial charge on any atom is -0.337 e. The lowest BCUT2D eigenvalue weighted by molar-refractivity contribution is -0.348. The monoisotopic (exact) mass is 689 g/mol. The third-order valence-corrected chi connectivity index (χ3v) is 14.1. The zero-order valence-corrected chi connectivity index (χ0v) is 25.5. The first-order valence-electron chi connectivity index (χ1n) is 13.6. The summed E-state index contributed by atoms with van der Waals surface area (Å²) >= 11 is 5.95. The van der Waals surface area contributed by atoms with E-state index in [0.29, 0.717) is 12.1 Å². The van der Waals surface area contributed by atoms with Gasteiger partial charge in [0.05, 0.1) is 27.9 Å². The van der Waals surface area contributed by atoms with E-state index in [0.717, 1.165) is 6.07 Å². The molecule has 3 aliphatic rings. The van der Waals surface area contributed by atoms with Gasteiger partial charge in [-0.15, -0.1) is 0 Å². The SMILES string of the molecule is CCC1(C(=O)N2CCC3(S(=O)(=O)c4ccc(Cl)cc4)c4ccc(C(F)(C(F)(F)F)C(F)(F)F)cc4CCC23)CCS(=O)(=O)C1. The van der Waals surface area contributed by atoms with Crippen molar-refractivity contribution in [2.24, 2.45) is 5.41 Å². The zero-order chi connectivity index (χ0) is 32.7. The van der Waals surface area contributed by atoms with Gasteiger partial charge < -0.3 is 4.90 Å². The number of rotatable bonds is 5. The zero-order valence-electron chi connectivity index (χ0n) is 23.1. The second-order valence-electron chi connectivity index (χ2n) is 11.7. The van der Waals surface area contributed by atoms with Crippen molar-refractivity contribution < 1.29 is 52.4 Å². The molecule has 0 bridgehead atoms. The summed E-state index contributed by atoms with van der Waals surface area (Å²) in [5.41, 5.74) is -9.13. The van der Waals surface area contributed by atoms with Gasteiger partial charge in [0.1, 0.15) is 4.75 Å². The summed E-state index contributed by atoms with van der Waals surface area (Å²) in [6, 6.07) is 5.34. The molecule has 3 unspecified atom stereocenters. The lowest BCUT2D eigenvalue weighted by Crippen LogP contribution is -2.55. The van der Waals surface area contributed by atoms with E-state index in [-0.39, 0.29) is 65.4 Å². The average molecular weight is 690 g/mol. The number of aryl methyl sites for hydroxylation is 1. The molecule has 3 atom stereocenters. The van der Waals surface area contributed by atoms with Crippen LogP contribution in [-0.4, -0.2) is 64.1 Å². The van der Waals surface area contributed by atoms with Crippen LogP contribution in [0.2, 0.25) is 5.02 Å². The Morgan fingerprint density at radius 3 is 2.14 bits per heavy atom. The van der Waals surface area contributed by atoms with Gasteiger partial charge >= 0.3 is 18.0 Å². The maximum Gasteiger partial charge on any atom is 0.435 e. The first kappa shape index (κ1) is 33.0. The molecule has 1 aliphatic carbocycles. The van der Waals surface area contributed by atoms with Crippen LogP contribution in [0.25, 0.3) is 0 Å². The van der Waals surface area contributed by atoms with Gasteiger partial charge in [-0.2, -0.15) is 26.3 Å². The number of halogens is 8. The van der Waals surface area contributed by atoms with E-state index in [1.54, 1.807) is 6.92 Å². The fraction of sp³-hybridized carbons (Fsp3) is 0.536. The molecular formula is C28H27ClF7NO5S2. The number of fused-ring (bicyclic) bond motifs is 3. The highest BCUT2D eigenvalue weighted by Gasteiger charge is 2.74. The number of hydrogen-bond donors (Lipinski definition) is 0. The van der Waals surface area contributed by atoms with E-state index < -0.39 is 71.1 Å². The summed E-state index contributed by atoms with van der Waals surface area (Å²) in [4.78, 5) is 15.1. The topological polar surface area (TPSA) is 88.6 Å². The Balaban J connectivity index is 1.70. The third-order valence-electron chi connectivity index (χ3n) is 9.45. The van der Waals surface area contributed by atoms with Crippen LogP contribution in [0.4, 0.5) is 30.7 Å². The van der Waals surface area contributed by atoms with Gasteiger partial charge in [0.2, 0.25) is 5.91 Å². The van der Waals surface area contributed by atoms with E-state index >= 15 is 4.39 Å². The van der Waals surface area contributed by atoms with Crippen molar-refractivity contribution >= 4 is 37.2 Å². The molecule has 6 nitrogen and oxygen atoms in total. The Labute approximate surface area is 254 Å². The number of carbonyl (C=O) groups is 1. The molecule has 2 aliphatic heterocycles. The van der Waals surface area contributed by atoms with E-state index in [9.17, 15) is 48.0 Å². The van der Waals surface area contributed by atoms with Crippen molar-refractivity contribution in [2.75, 3.05) is 18.1 Å². The lowest BCUT2D eigenvalue weighted by Gasteiger charge is -2.44. The fourth-order valence-corrected chi connectivity index (χ4v) is 11.8. The molecule has 1 amide bonds. The molecule has 2 fully saturated rings. The van der Waals surface area contributed by atoms with Crippen LogP contribution in [0.5, 0.6) is 0 Å². The Hall–Kier alpha value is -2.39. The molecule has 2 saturated heterocycles. The summed E-state index contributed by atoms with van der Waals surface area (Å²) in [5, 5.41) is 0.195. The van der Waals surface area contributed by atoms with Crippen LogP contribution < -0.4 is 0 Å². The van der Waals surface area contributed by atoms with Crippen molar-refractivity contribution in [3.05, 3.63) is 64.2 Å². The largest absolute Gasteiger partial charge is 0.435 e. The first-order chi connectivity index (χ1) is 20.2. The minimum absolute atomic E-state index is 0.0260. The molecule has 44 heavy (non-hydrogen) atoms. The molecule has 2 aromatic rings. The third kappa shape index (κ3) is 4.66. The Morgan fingerprint density at radius 2 is 1.61 bits per heavy atom. The molecule has 5 rings (SSSR count). The number of amides is 1. The molecule has 0 aromatic heterocycles. The predicted octanol–water partition coefficient (Wildman–Crippen LogP) is 6.06. The standard InChI is InChI=1S/C28H27ClF7NO5S2/c1-2-24(12-14-43(39,40)16-24)23(38)37-13-11-25(44(41,42)20-7-5-19(29)6-8-20)21-9-4-18(15-17(21)3-10-22(25)37)26(30,27(31,32)33)28(34,35)36/h4-9,15,22H,2-3,10-14,16H2,1H3. The van der Waals surface area contributed by atoms with Crippen molar-refractivity contribution in [3.63, 3.8) is 0 Å². The highest BCUT2D eigenvalue weighted by molar-refractivity contribution is 7.92. The quantitative estimate of drug-likeness (QED) is 0.357. The van der Waals surface area contributed by atoms with Crippen LogP contribution in [0.1, 0.15) is 49.3 Å². The normalized spacial score (nSPS) is 27.2. The maximum atomic E-state index is 15.0. The van der Waals surface area contributed by atoms with Crippen LogP contribution >= 0.6 is 11.6 Å². The number of likely N-dealkylation sites (tertiary alicyclic amines) is 1. The smallest absolute Gasteiger partial charge is 0.337 e. The molecule has 16 heteroatoms. The minimum atomic E-state index is -6.36. The van der Waals surface area contributed by atoms with Crippen LogP contribution in [0.15, 0.2) is 47.4 Å². The summed E-state index contributed by atoms with van der Waals surface area (Å²) in [6.07, 6.45) is -13.3. The number of sulfone groups is 2. The summed E-state index contributed by atoms with van der Waals surface area (Å²) in [7, 11) is -8.09. The molecule has 2 aromatic carbocycles.